The molecule has 1 aliphatic heterocycles. The van der Waals surface area contributed by atoms with E-state index in [0.29, 0.717) is 55.9 Å². The quantitative estimate of drug-likeness (QED) is 0.464. The molecular formula is C24H29N3O5S. The third kappa shape index (κ3) is 5.80. The standard InChI is InChI=1S/C24H29N3O5S/c1-33(30,31)27-13-11-18(12-14-27)25-15-21(28)19-7-9-22(24-20(19)8-10-23(29)26-24)32-16-17-5-3-2-4-6-17/h2-10,18,21,25,28H,11-16H2,1H3,(H,26,29)/t21-/m0/s1. The van der Waals surface area contributed by atoms with Crippen LogP contribution in [0.5, 0.6) is 5.75 Å². The van der Waals surface area contributed by atoms with Crippen molar-refractivity contribution in [2.45, 2.75) is 31.6 Å². The number of ether oxygens (including phenoxy) is 1. The average molecular weight is 472 g/mol. The van der Waals surface area contributed by atoms with Crippen molar-refractivity contribution in [1.29, 1.82) is 0 Å². The summed E-state index contributed by atoms with van der Waals surface area (Å²) in [6.45, 7) is 1.64. The maximum atomic E-state index is 12.0. The van der Waals surface area contributed by atoms with E-state index in [0.717, 1.165) is 10.9 Å². The molecule has 2 heterocycles. The first-order valence-electron chi connectivity index (χ1n) is 11.0. The van der Waals surface area contributed by atoms with Crippen LogP contribution in [0.1, 0.15) is 30.1 Å². The van der Waals surface area contributed by atoms with Crippen molar-refractivity contribution < 1.29 is 18.3 Å². The molecular weight excluding hydrogens is 442 g/mol. The Morgan fingerprint density at radius 1 is 1.12 bits per heavy atom. The van der Waals surface area contributed by atoms with Crippen molar-refractivity contribution in [3.05, 3.63) is 76.1 Å². The number of rotatable bonds is 8. The van der Waals surface area contributed by atoms with E-state index in [1.807, 2.05) is 36.4 Å². The average Bonchev–Trinajstić information content (AvgIpc) is 2.81. The molecule has 1 aliphatic rings. The van der Waals surface area contributed by atoms with Crippen molar-refractivity contribution in [1.82, 2.24) is 14.6 Å². The molecule has 4 rings (SSSR count). The van der Waals surface area contributed by atoms with Crippen LogP contribution in [-0.4, -0.2) is 54.7 Å². The lowest BCUT2D eigenvalue weighted by Gasteiger charge is -2.31. The number of aromatic nitrogens is 1. The molecule has 1 saturated heterocycles. The van der Waals surface area contributed by atoms with E-state index >= 15 is 0 Å². The molecule has 3 aromatic rings. The Bertz CT molecular complexity index is 1250. The molecule has 176 valence electrons. The number of pyridine rings is 1. The minimum atomic E-state index is -3.16. The van der Waals surface area contributed by atoms with Crippen LogP contribution >= 0.6 is 0 Å². The number of nitrogens with zero attached hydrogens (tertiary/aromatic N) is 1. The Labute approximate surface area is 193 Å². The molecule has 0 radical (unpaired) electrons. The van der Waals surface area contributed by atoms with Gasteiger partial charge in [-0.1, -0.05) is 36.4 Å². The van der Waals surface area contributed by atoms with E-state index in [1.165, 1.54) is 16.6 Å². The van der Waals surface area contributed by atoms with E-state index in [-0.39, 0.29) is 11.6 Å². The summed E-state index contributed by atoms with van der Waals surface area (Å²) in [4.78, 5) is 14.8. The van der Waals surface area contributed by atoms with Crippen LogP contribution in [0.25, 0.3) is 10.9 Å². The Morgan fingerprint density at radius 2 is 1.85 bits per heavy atom. The Balaban J connectivity index is 1.46. The first-order chi connectivity index (χ1) is 15.8. The summed E-state index contributed by atoms with van der Waals surface area (Å²) in [5.74, 6) is 0.545. The number of hydrogen-bond donors (Lipinski definition) is 3. The number of hydrogen-bond acceptors (Lipinski definition) is 6. The van der Waals surface area contributed by atoms with Gasteiger partial charge >= 0.3 is 0 Å². The number of nitrogens with one attached hydrogen (secondary N) is 2. The maximum Gasteiger partial charge on any atom is 0.248 e. The number of benzene rings is 2. The van der Waals surface area contributed by atoms with Gasteiger partial charge in [0.05, 0.1) is 17.9 Å². The predicted molar refractivity (Wildman–Crippen MR) is 128 cm³/mol. The highest BCUT2D eigenvalue weighted by Gasteiger charge is 2.25. The molecule has 9 heteroatoms. The molecule has 33 heavy (non-hydrogen) atoms. The van der Waals surface area contributed by atoms with Gasteiger partial charge in [0.15, 0.2) is 0 Å². The number of fused-ring (bicyclic) bond motifs is 1. The third-order valence-corrected chi connectivity index (χ3v) is 7.31. The SMILES string of the molecule is CS(=O)(=O)N1CCC(NC[C@H](O)c2ccc(OCc3ccccc3)c3[nH]c(=O)ccc23)CC1. The van der Waals surface area contributed by atoms with Gasteiger partial charge in [-0.2, -0.15) is 0 Å². The summed E-state index contributed by atoms with van der Waals surface area (Å²) in [5, 5.41) is 15.0. The van der Waals surface area contributed by atoms with Crippen LogP contribution in [-0.2, 0) is 16.6 Å². The van der Waals surface area contributed by atoms with Gasteiger partial charge in [-0.3, -0.25) is 4.79 Å². The molecule has 8 nitrogen and oxygen atoms in total. The molecule has 1 atom stereocenters. The van der Waals surface area contributed by atoms with Gasteiger partial charge in [-0.15, -0.1) is 0 Å². The van der Waals surface area contributed by atoms with Crippen LogP contribution < -0.4 is 15.6 Å². The summed E-state index contributed by atoms with van der Waals surface area (Å²) >= 11 is 0. The van der Waals surface area contributed by atoms with E-state index in [2.05, 4.69) is 10.3 Å². The van der Waals surface area contributed by atoms with Crippen molar-refractivity contribution in [2.75, 3.05) is 25.9 Å². The molecule has 0 bridgehead atoms. The van der Waals surface area contributed by atoms with Crippen LogP contribution in [0.2, 0.25) is 0 Å². The first-order valence-corrected chi connectivity index (χ1v) is 12.9. The zero-order chi connectivity index (χ0) is 23.4. The number of sulfonamides is 1. The molecule has 1 aromatic heterocycles. The zero-order valence-corrected chi connectivity index (χ0v) is 19.3. The van der Waals surface area contributed by atoms with Gasteiger partial charge in [0.1, 0.15) is 12.4 Å². The monoisotopic (exact) mass is 471 g/mol. The highest BCUT2D eigenvalue weighted by atomic mass is 32.2. The second kappa shape index (κ2) is 10.0. The summed E-state index contributed by atoms with van der Waals surface area (Å²) in [6, 6.07) is 16.6. The molecule has 0 aliphatic carbocycles. The van der Waals surface area contributed by atoms with Crippen LogP contribution in [0.4, 0.5) is 0 Å². The second-order valence-electron chi connectivity index (χ2n) is 8.40. The fourth-order valence-electron chi connectivity index (χ4n) is 4.17. The van der Waals surface area contributed by atoms with Gasteiger partial charge in [0.25, 0.3) is 0 Å². The van der Waals surface area contributed by atoms with E-state index < -0.39 is 16.1 Å². The Hall–Kier alpha value is -2.72. The predicted octanol–water partition coefficient (Wildman–Crippen LogP) is 2.15. The highest BCUT2D eigenvalue weighted by Crippen LogP contribution is 2.30. The zero-order valence-electron chi connectivity index (χ0n) is 18.5. The normalized spacial score (nSPS) is 16.7. The Morgan fingerprint density at radius 3 is 2.55 bits per heavy atom. The van der Waals surface area contributed by atoms with Gasteiger partial charge in [0, 0.05) is 37.1 Å². The summed E-state index contributed by atoms with van der Waals surface area (Å²) in [7, 11) is -3.16. The van der Waals surface area contributed by atoms with Gasteiger partial charge < -0.3 is 20.1 Å². The lowest BCUT2D eigenvalue weighted by molar-refractivity contribution is 0.164. The molecule has 0 spiro atoms. The van der Waals surface area contributed by atoms with E-state index in [9.17, 15) is 18.3 Å². The van der Waals surface area contributed by atoms with Crippen molar-refractivity contribution in [3.8, 4) is 5.75 Å². The minimum Gasteiger partial charge on any atom is -0.487 e. The summed E-state index contributed by atoms with van der Waals surface area (Å²) in [6.07, 6.45) is 1.82. The molecule has 0 saturated carbocycles. The van der Waals surface area contributed by atoms with Crippen LogP contribution in [0, 0.1) is 0 Å². The van der Waals surface area contributed by atoms with Crippen molar-refractivity contribution in [3.63, 3.8) is 0 Å². The topological polar surface area (TPSA) is 112 Å². The maximum absolute atomic E-state index is 12.0. The third-order valence-electron chi connectivity index (χ3n) is 6.01. The number of piperidine rings is 1. The lowest BCUT2D eigenvalue weighted by Crippen LogP contribution is -2.45. The fourth-order valence-corrected chi connectivity index (χ4v) is 5.05. The number of H-pyrrole nitrogens is 1. The van der Waals surface area contributed by atoms with Gasteiger partial charge in [-0.25, -0.2) is 12.7 Å². The van der Waals surface area contributed by atoms with Crippen molar-refractivity contribution >= 4 is 20.9 Å². The lowest BCUT2D eigenvalue weighted by atomic mass is 10.0. The summed E-state index contributed by atoms with van der Waals surface area (Å²) in [5.41, 5.74) is 2.01. The second-order valence-corrected chi connectivity index (χ2v) is 10.4. The highest BCUT2D eigenvalue weighted by molar-refractivity contribution is 7.88. The van der Waals surface area contributed by atoms with Crippen LogP contribution in [0.3, 0.4) is 0 Å². The van der Waals surface area contributed by atoms with E-state index in [4.69, 9.17) is 4.74 Å². The molecule has 0 amide bonds. The first kappa shape index (κ1) is 23.4. The largest absolute Gasteiger partial charge is 0.487 e. The molecule has 1 fully saturated rings. The van der Waals surface area contributed by atoms with Gasteiger partial charge in [0.2, 0.25) is 15.6 Å². The smallest absolute Gasteiger partial charge is 0.248 e. The molecule has 2 aromatic carbocycles. The number of aliphatic hydroxyl groups excluding tert-OH is 1. The Kier molecular flexibility index (Phi) is 7.14. The number of aromatic amines is 1. The van der Waals surface area contributed by atoms with E-state index in [1.54, 1.807) is 12.1 Å². The molecule has 3 N–H and O–H groups in total. The van der Waals surface area contributed by atoms with Crippen LogP contribution in [0.15, 0.2) is 59.4 Å². The number of aliphatic hydroxyl groups is 1. The minimum absolute atomic E-state index is 0.136. The summed E-state index contributed by atoms with van der Waals surface area (Å²) < 4.78 is 30.8. The van der Waals surface area contributed by atoms with Crippen molar-refractivity contribution in [2.24, 2.45) is 0 Å². The van der Waals surface area contributed by atoms with Gasteiger partial charge in [-0.05, 0) is 36.1 Å². The molecule has 0 unspecified atom stereocenters. The fraction of sp³-hybridized carbons (Fsp3) is 0.375.